The molecule has 0 saturated carbocycles. The molecule has 156 valence electrons. The number of hydrogen-bond donors (Lipinski definition) is 0. The van der Waals surface area contributed by atoms with Crippen molar-refractivity contribution in [3.63, 3.8) is 0 Å². The number of hydrogen-bond acceptors (Lipinski definition) is 5. The lowest BCUT2D eigenvalue weighted by Crippen LogP contribution is -2.44. The van der Waals surface area contributed by atoms with E-state index in [-0.39, 0.29) is 24.3 Å². The number of nitrogens with zero attached hydrogens (tertiary/aromatic N) is 2. The van der Waals surface area contributed by atoms with Gasteiger partial charge < -0.3 is 14.4 Å². The van der Waals surface area contributed by atoms with Gasteiger partial charge in [0.25, 0.3) is 5.91 Å². The number of carbonyl (C=O) groups excluding carboxylic acids is 3. The number of likely N-dealkylation sites (tertiary alicyclic amines) is 2. The third-order valence-electron chi connectivity index (χ3n) is 5.53. The first-order valence-corrected chi connectivity index (χ1v) is 10.1. The van der Waals surface area contributed by atoms with Crippen LogP contribution >= 0.6 is 0 Å². The average molecular weight is 408 g/mol. The Morgan fingerprint density at radius 1 is 1.07 bits per heavy atom. The van der Waals surface area contributed by atoms with Gasteiger partial charge in [-0.25, -0.2) is 4.79 Å². The number of benzene rings is 2. The van der Waals surface area contributed by atoms with Crippen LogP contribution in [0.25, 0.3) is 0 Å². The molecular formula is C23H24N2O5. The molecule has 0 aliphatic carbocycles. The van der Waals surface area contributed by atoms with Gasteiger partial charge in [-0.3, -0.25) is 14.5 Å². The Kier molecular flexibility index (Phi) is 5.44. The van der Waals surface area contributed by atoms with Crippen LogP contribution in [0.1, 0.15) is 29.3 Å². The summed E-state index contributed by atoms with van der Waals surface area (Å²) in [6.07, 6.45) is -0.0642. The molecule has 2 aromatic carbocycles. The number of rotatable bonds is 4. The second kappa shape index (κ2) is 8.18. The summed E-state index contributed by atoms with van der Waals surface area (Å²) in [5.74, 6) is 0.468. The predicted octanol–water partition coefficient (Wildman–Crippen LogP) is 3.06. The van der Waals surface area contributed by atoms with Crippen LogP contribution in [0.5, 0.6) is 11.5 Å². The number of Topliss-reactive ketones (excluding diaryl/α,β-unsaturated/α-hetero) is 1. The van der Waals surface area contributed by atoms with Crippen LogP contribution in [0, 0.1) is 6.92 Å². The van der Waals surface area contributed by atoms with Gasteiger partial charge in [-0.15, -0.1) is 0 Å². The molecule has 0 N–H and O–H groups in total. The first kappa shape index (κ1) is 19.9. The van der Waals surface area contributed by atoms with Crippen molar-refractivity contribution in [1.29, 1.82) is 0 Å². The maximum Gasteiger partial charge on any atom is 0.416 e. The molecule has 0 spiro atoms. The van der Waals surface area contributed by atoms with Gasteiger partial charge in [0.05, 0.1) is 19.2 Å². The zero-order valence-electron chi connectivity index (χ0n) is 17.0. The van der Waals surface area contributed by atoms with Crippen molar-refractivity contribution in [2.75, 3.05) is 19.7 Å². The first-order chi connectivity index (χ1) is 14.5. The van der Waals surface area contributed by atoms with Gasteiger partial charge in [0.1, 0.15) is 6.04 Å². The molecule has 0 aromatic heterocycles. The van der Waals surface area contributed by atoms with Crippen molar-refractivity contribution in [2.45, 2.75) is 32.4 Å². The maximum absolute atomic E-state index is 12.9. The van der Waals surface area contributed by atoms with Gasteiger partial charge in [0.2, 0.25) is 0 Å². The monoisotopic (exact) mass is 408 g/mol. The van der Waals surface area contributed by atoms with Crippen molar-refractivity contribution in [3.8, 4) is 11.5 Å². The predicted molar refractivity (Wildman–Crippen MR) is 110 cm³/mol. The number of amides is 2. The Bertz CT molecular complexity index is 975. The fourth-order valence-corrected chi connectivity index (χ4v) is 4.16. The molecule has 4 rings (SSSR count). The zero-order chi connectivity index (χ0) is 21.3. The van der Waals surface area contributed by atoms with Gasteiger partial charge in [0.15, 0.2) is 17.3 Å². The normalized spacial score (nSPS) is 20.3. The van der Waals surface area contributed by atoms with E-state index in [0.717, 1.165) is 5.56 Å². The smallest absolute Gasteiger partial charge is 0.416 e. The van der Waals surface area contributed by atoms with Gasteiger partial charge in [0, 0.05) is 12.1 Å². The summed E-state index contributed by atoms with van der Waals surface area (Å²) in [7, 11) is 0. The average Bonchev–Trinajstić information content (AvgIpc) is 3.32. The molecule has 7 heteroatoms. The molecule has 2 aliphatic rings. The topological polar surface area (TPSA) is 76.2 Å². The zero-order valence-corrected chi connectivity index (χ0v) is 17.0. The molecule has 2 atom stereocenters. The molecule has 2 fully saturated rings. The lowest BCUT2D eigenvalue weighted by atomic mass is 10.1. The van der Waals surface area contributed by atoms with E-state index >= 15 is 0 Å². The molecule has 30 heavy (non-hydrogen) atoms. The second-order valence-corrected chi connectivity index (χ2v) is 7.51. The minimum absolute atomic E-state index is 0.00156. The summed E-state index contributed by atoms with van der Waals surface area (Å²) >= 11 is 0. The molecule has 0 bridgehead atoms. The van der Waals surface area contributed by atoms with Crippen molar-refractivity contribution in [3.05, 3.63) is 59.7 Å². The van der Waals surface area contributed by atoms with Crippen LogP contribution in [0.2, 0.25) is 0 Å². The first-order valence-electron chi connectivity index (χ1n) is 10.1. The summed E-state index contributed by atoms with van der Waals surface area (Å²) in [5, 5.41) is 0. The number of ether oxygens (including phenoxy) is 2. The SMILES string of the molecule is CCOc1cc(C)ccc1OC(=O)N1CCC2C1C(=O)CN2C(=O)c1ccccc1. The highest BCUT2D eigenvalue weighted by molar-refractivity contribution is 6.02. The lowest BCUT2D eigenvalue weighted by Gasteiger charge is -2.24. The van der Waals surface area contributed by atoms with Crippen LogP contribution in [-0.4, -0.2) is 59.4 Å². The van der Waals surface area contributed by atoms with Gasteiger partial charge in [-0.05, 0) is 50.1 Å². The molecule has 7 nitrogen and oxygen atoms in total. The highest BCUT2D eigenvalue weighted by atomic mass is 16.6. The maximum atomic E-state index is 12.9. The quantitative estimate of drug-likeness (QED) is 0.777. The molecular weight excluding hydrogens is 384 g/mol. The molecule has 0 radical (unpaired) electrons. The third kappa shape index (κ3) is 3.63. The highest BCUT2D eigenvalue weighted by Gasteiger charge is 2.52. The van der Waals surface area contributed by atoms with Crippen molar-refractivity contribution in [1.82, 2.24) is 9.80 Å². The second-order valence-electron chi connectivity index (χ2n) is 7.51. The Morgan fingerprint density at radius 2 is 1.83 bits per heavy atom. The van der Waals surface area contributed by atoms with E-state index < -0.39 is 12.1 Å². The van der Waals surface area contributed by atoms with Crippen molar-refractivity contribution < 1.29 is 23.9 Å². The lowest BCUT2D eigenvalue weighted by molar-refractivity contribution is -0.120. The van der Waals surface area contributed by atoms with Crippen LogP contribution in [0.3, 0.4) is 0 Å². The minimum Gasteiger partial charge on any atom is -0.490 e. The van der Waals surface area contributed by atoms with Gasteiger partial charge in [-0.2, -0.15) is 0 Å². The summed E-state index contributed by atoms with van der Waals surface area (Å²) in [4.78, 5) is 41.5. The molecule has 2 saturated heterocycles. The molecule has 2 amide bonds. The Hall–Kier alpha value is -3.35. The van der Waals surface area contributed by atoms with Crippen LogP contribution in [0.15, 0.2) is 48.5 Å². The third-order valence-corrected chi connectivity index (χ3v) is 5.53. The van der Waals surface area contributed by atoms with E-state index in [0.29, 0.717) is 36.6 Å². The van der Waals surface area contributed by atoms with Crippen LogP contribution in [-0.2, 0) is 4.79 Å². The Labute approximate surface area is 175 Å². The largest absolute Gasteiger partial charge is 0.490 e. The van der Waals surface area contributed by atoms with Crippen molar-refractivity contribution in [2.24, 2.45) is 0 Å². The van der Waals surface area contributed by atoms with E-state index in [9.17, 15) is 14.4 Å². The fraction of sp³-hybridized carbons (Fsp3) is 0.348. The van der Waals surface area contributed by atoms with E-state index in [1.54, 1.807) is 41.3 Å². The summed E-state index contributed by atoms with van der Waals surface area (Å²) in [6, 6.07) is 13.2. The van der Waals surface area contributed by atoms with Crippen LogP contribution < -0.4 is 9.47 Å². The van der Waals surface area contributed by atoms with E-state index in [1.165, 1.54) is 4.90 Å². The summed E-state index contributed by atoms with van der Waals surface area (Å²) < 4.78 is 11.2. The molecule has 2 aliphatic heterocycles. The Morgan fingerprint density at radius 3 is 2.57 bits per heavy atom. The van der Waals surface area contributed by atoms with Gasteiger partial charge in [-0.1, -0.05) is 24.3 Å². The number of carbonyl (C=O) groups is 3. The fourth-order valence-electron chi connectivity index (χ4n) is 4.16. The van der Waals surface area contributed by atoms with Gasteiger partial charge >= 0.3 is 6.09 Å². The Balaban J connectivity index is 1.50. The molecule has 2 heterocycles. The highest BCUT2D eigenvalue weighted by Crippen LogP contribution is 2.33. The number of aryl methyl sites for hydroxylation is 1. The molecule has 2 unspecified atom stereocenters. The summed E-state index contributed by atoms with van der Waals surface area (Å²) in [6.45, 7) is 4.58. The van der Waals surface area contributed by atoms with E-state index in [4.69, 9.17) is 9.47 Å². The minimum atomic E-state index is -0.675. The standard InChI is InChI=1S/C23H24N2O5/c1-3-29-20-13-15(2)9-10-19(20)30-23(28)24-12-11-17-21(24)18(26)14-25(17)22(27)16-7-5-4-6-8-16/h4-10,13,17,21H,3,11-12,14H2,1-2H3. The van der Waals surface area contributed by atoms with Crippen molar-refractivity contribution >= 4 is 17.8 Å². The summed E-state index contributed by atoms with van der Waals surface area (Å²) in [5.41, 5.74) is 1.52. The number of fused-ring (bicyclic) bond motifs is 1. The molecule has 2 aromatic rings. The van der Waals surface area contributed by atoms with E-state index in [1.807, 2.05) is 26.0 Å². The van der Waals surface area contributed by atoms with E-state index in [2.05, 4.69) is 0 Å². The van der Waals surface area contributed by atoms with Crippen LogP contribution in [0.4, 0.5) is 4.79 Å². The number of ketones is 1.